The average molecular weight is 405 g/mol. The van der Waals surface area contributed by atoms with Crippen molar-refractivity contribution >= 4 is 49.4 Å². The number of benzene rings is 1. The molecule has 0 heterocycles. The number of carboxylic acid groups (broad SMARTS) is 1. The Balaban J connectivity index is 2.18. The van der Waals surface area contributed by atoms with Crippen LogP contribution in [0, 0.1) is 17.8 Å². The zero-order chi connectivity index (χ0) is 14.9. The molecule has 1 fully saturated rings. The molecule has 0 aliphatic heterocycles. The van der Waals surface area contributed by atoms with Crippen LogP contribution in [0.1, 0.15) is 19.8 Å². The van der Waals surface area contributed by atoms with Crippen LogP contribution in [-0.4, -0.2) is 17.0 Å². The Morgan fingerprint density at radius 1 is 1.20 bits per heavy atom. The van der Waals surface area contributed by atoms with E-state index in [9.17, 15) is 14.7 Å². The topological polar surface area (TPSA) is 66.4 Å². The molecule has 1 aliphatic carbocycles. The van der Waals surface area contributed by atoms with Crippen molar-refractivity contribution in [3.05, 3.63) is 27.1 Å². The van der Waals surface area contributed by atoms with E-state index in [0.717, 1.165) is 8.95 Å². The molecule has 1 unspecified atom stereocenters. The summed E-state index contributed by atoms with van der Waals surface area (Å²) in [5, 5.41) is 12.1. The van der Waals surface area contributed by atoms with Gasteiger partial charge in [0.2, 0.25) is 5.91 Å². The highest BCUT2D eigenvalue weighted by atomic mass is 79.9. The monoisotopic (exact) mass is 403 g/mol. The van der Waals surface area contributed by atoms with Gasteiger partial charge in [0.15, 0.2) is 0 Å². The molecule has 2 N–H and O–H groups in total. The molecule has 1 saturated carbocycles. The van der Waals surface area contributed by atoms with Crippen molar-refractivity contribution in [1.82, 2.24) is 0 Å². The first-order valence-electron chi connectivity index (χ1n) is 6.37. The Bertz CT molecular complexity index is 527. The first-order chi connectivity index (χ1) is 9.40. The molecule has 3 atom stereocenters. The van der Waals surface area contributed by atoms with E-state index in [4.69, 9.17) is 0 Å². The van der Waals surface area contributed by atoms with Crippen LogP contribution in [0.2, 0.25) is 0 Å². The number of carbonyl (C=O) groups is 2. The maximum Gasteiger partial charge on any atom is 0.307 e. The van der Waals surface area contributed by atoms with Gasteiger partial charge in [-0.3, -0.25) is 9.59 Å². The van der Waals surface area contributed by atoms with Crippen molar-refractivity contribution < 1.29 is 14.7 Å². The molecule has 2 rings (SSSR count). The highest BCUT2D eigenvalue weighted by molar-refractivity contribution is 9.11. The van der Waals surface area contributed by atoms with Crippen LogP contribution in [0.5, 0.6) is 0 Å². The van der Waals surface area contributed by atoms with E-state index < -0.39 is 17.8 Å². The molecule has 1 aromatic rings. The van der Waals surface area contributed by atoms with Gasteiger partial charge < -0.3 is 10.4 Å². The van der Waals surface area contributed by atoms with Crippen LogP contribution in [0.25, 0.3) is 0 Å². The number of carboxylic acids is 1. The Kier molecular flexibility index (Phi) is 4.86. The Hall–Kier alpha value is -0.880. The van der Waals surface area contributed by atoms with Crippen LogP contribution in [0.3, 0.4) is 0 Å². The third-order valence-electron chi connectivity index (χ3n) is 3.66. The molecular formula is C14H15Br2NO3. The van der Waals surface area contributed by atoms with E-state index in [2.05, 4.69) is 37.2 Å². The predicted octanol–water partition coefficient (Wildman–Crippen LogP) is 3.90. The summed E-state index contributed by atoms with van der Waals surface area (Å²) in [7, 11) is 0. The number of para-hydroxylation sites is 1. The van der Waals surface area contributed by atoms with Crippen LogP contribution in [0.15, 0.2) is 27.1 Å². The van der Waals surface area contributed by atoms with Crippen LogP contribution >= 0.6 is 31.9 Å². The minimum Gasteiger partial charge on any atom is -0.481 e. The molecule has 0 bridgehead atoms. The zero-order valence-electron chi connectivity index (χ0n) is 10.9. The van der Waals surface area contributed by atoms with Gasteiger partial charge in [0.1, 0.15) is 0 Å². The van der Waals surface area contributed by atoms with Gasteiger partial charge in [-0.2, -0.15) is 0 Å². The molecule has 6 heteroatoms. The first-order valence-corrected chi connectivity index (χ1v) is 7.96. The molecule has 20 heavy (non-hydrogen) atoms. The third kappa shape index (κ3) is 3.23. The second kappa shape index (κ2) is 6.26. The van der Waals surface area contributed by atoms with Gasteiger partial charge in [-0.25, -0.2) is 0 Å². The molecule has 108 valence electrons. The minimum absolute atomic E-state index is 0.227. The number of aliphatic carboxylic acids is 1. The van der Waals surface area contributed by atoms with Crippen molar-refractivity contribution in [2.75, 3.05) is 5.32 Å². The summed E-state index contributed by atoms with van der Waals surface area (Å²) in [5.74, 6) is -1.92. The number of carbonyl (C=O) groups excluding carboxylic acids is 1. The molecule has 0 saturated heterocycles. The zero-order valence-corrected chi connectivity index (χ0v) is 14.1. The fourth-order valence-electron chi connectivity index (χ4n) is 2.69. The van der Waals surface area contributed by atoms with E-state index in [1.54, 1.807) is 0 Å². The van der Waals surface area contributed by atoms with Gasteiger partial charge in [-0.15, -0.1) is 0 Å². The number of nitrogens with one attached hydrogen (secondary N) is 1. The fraction of sp³-hybridized carbons (Fsp3) is 0.429. The van der Waals surface area contributed by atoms with Crippen molar-refractivity contribution in [2.45, 2.75) is 19.8 Å². The summed E-state index contributed by atoms with van der Waals surface area (Å²) >= 11 is 6.76. The highest BCUT2D eigenvalue weighted by Gasteiger charge is 2.41. The lowest BCUT2D eigenvalue weighted by Crippen LogP contribution is -2.30. The second-order valence-corrected chi connectivity index (χ2v) is 6.92. The molecular weight excluding hydrogens is 390 g/mol. The number of anilines is 1. The lowest BCUT2D eigenvalue weighted by Gasteiger charge is -2.17. The summed E-state index contributed by atoms with van der Waals surface area (Å²) < 4.78 is 1.52. The summed E-state index contributed by atoms with van der Waals surface area (Å²) in [5.41, 5.74) is 0.640. The third-order valence-corrected chi connectivity index (χ3v) is 4.98. The van der Waals surface area contributed by atoms with Gasteiger partial charge in [0.05, 0.1) is 17.5 Å². The van der Waals surface area contributed by atoms with Crippen LogP contribution < -0.4 is 5.32 Å². The van der Waals surface area contributed by atoms with Gasteiger partial charge in [-0.05, 0) is 62.8 Å². The molecule has 4 nitrogen and oxygen atoms in total. The lowest BCUT2D eigenvalue weighted by atomic mass is 9.95. The summed E-state index contributed by atoms with van der Waals surface area (Å²) in [6.45, 7) is 1.98. The van der Waals surface area contributed by atoms with Crippen molar-refractivity contribution in [1.29, 1.82) is 0 Å². The summed E-state index contributed by atoms with van der Waals surface area (Å²) in [6, 6.07) is 5.50. The summed E-state index contributed by atoms with van der Waals surface area (Å²) in [6.07, 6.45) is 1.18. The lowest BCUT2D eigenvalue weighted by molar-refractivity contribution is -0.145. The quantitative estimate of drug-likeness (QED) is 0.802. The van der Waals surface area contributed by atoms with E-state index in [0.29, 0.717) is 18.5 Å². The van der Waals surface area contributed by atoms with E-state index in [1.807, 2.05) is 25.1 Å². The van der Waals surface area contributed by atoms with Crippen LogP contribution in [0.4, 0.5) is 5.69 Å². The minimum atomic E-state index is -0.888. The second-order valence-electron chi connectivity index (χ2n) is 5.21. The number of hydrogen-bond donors (Lipinski definition) is 2. The molecule has 1 aliphatic rings. The maximum atomic E-state index is 12.4. The first kappa shape index (κ1) is 15.5. The number of rotatable bonds is 3. The van der Waals surface area contributed by atoms with E-state index in [-0.39, 0.29) is 11.8 Å². The van der Waals surface area contributed by atoms with E-state index >= 15 is 0 Å². The normalized spacial score (nSPS) is 25.4. The maximum absolute atomic E-state index is 12.4. The standard InChI is InChI=1S/C14H15Br2NO3/c1-7-5-8(9(6-7)14(19)20)13(18)17-12-10(15)3-2-4-11(12)16/h2-4,7-9H,5-6H2,1H3,(H,17,18)(H,19,20)/t7?,8-,9+/m0/s1. The number of amides is 1. The van der Waals surface area contributed by atoms with Crippen LogP contribution in [-0.2, 0) is 9.59 Å². The molecule has 1 amide bonds. The van der Waals surface area contributed by atoms with Crippen molar-refractivity contribution in [3.8, 4) is 0 Å². The fourth-order valence-corrected chi connectivity index (χ4v) is 3.88. The molecule has 0 aromatic heterocycles. The molecule has 0 spiro atoms. The molecule has 0 radical (unpaired) electrons. The summed E-state index contributed by atoms with van der Waals surface area (Å²) in [4.78, 5) is 23.6. The smallest absolute Gasteiger partial charge is 0.307 e. The largest absolute Gasteiger partial charge is 0.481 e. The Morgan fingerprint density at radius 3 is 2.30 bits per heavy atom. The van der Waals surface area contributed by atoms with Crippen molar-refractivity contribution in [2.24, 2.45) is 17.8 Å². The van der Waals surface area contributed by atoms with Crippen molar-refractivity contribution in [3.63, 3.8) is 0 Å². The van der Waals surface area contributed by atoms with E-state index in [1.165, 1.54) is 0 Å². The van der Waals surface area contributed by atoms with Gasteiger partial charge in [0, 0.05) is 8.95 Å². The highest BCUT2D eigenvalue weighted by Crippen LogP contribution is 2.38. The van der Waals surface area contributed by atoms with Gasteiger partial charge in [-0.1, -0.05) is 13.0 Å². The number of halogens is 2. The average Bonchev–Trinajstić information content (AvgIpc) is 2.76. The SMILES string of the molecule is CC1C[C@H](C(=O)Nc2c(Br)cccc2Br)[C@H](C(=O)O)C1. The van der Waals surface area contributed by atoms with Gasteiger partial charge in [0.25, 0.3) is 0 Å². The molecule has 1 aromatic carbocycles. The Labute approximate surface area is 134 Å². The predicted molar refractivity (Wildman–Crippen MR) is 83.5 cm³/mol. The Morgan fingerprint density at radius 2 is 1.75 bits per heavy atom. The number of hydrogen-bond acceptors (Lipinski definition) is 2. The van der Waals surface area contributed by atoms with Gasteiger partial charge >= 0.3 is 5.97 Å².